The molecule has 0 aromatic rings. The first-order chi connectivity index (χ1) is 22.3. The maximum Gasteiger partial charge on any atom is 0.306 e. The molecule has 1 unspecified atom stereocenters. The van der Waals surface area contributed by atoms with Crippen LogP contribution >= 0.6 is 0 Å². The molecule has 0 rings (SSSR count). The average molecular weight is 657 g/mol. The van der Waals surface area contributed by atoms with E-state index in [1.807, 2.05) is 0 Å². The van der Waals surface area contributed by atoms with Gasteiger partial charge in [-0.05, 0) is 25.7 Å². The van der Waals surface area contributed by atoms with Gasteiger partial charge in [0, 0.05) is 12.8 Å². The van der Waals surface area contributed by atoms with Crippen molar-refractivity contribution >= 4 is 17.9 Å². The number of carboxylic acids is 3. The monoisotopic (exact) mass is 657 g/mol. The van der Waals surface area contributed by atoms with E-state index >= 15 is 0 Å². The third kappa shape index (κ3) is 49.3. The van der Waals surface area contributed by atoms with Crippen LogP contribution in [0.1, 0.15) is 233 Å². The van der Waals surface area contributed by atoms with Crippen molar-refractivity contribution < 1.29 is 29.7 Å². The van der Waals surface area contributed by atoms with Crippen molar-refractivity contribution in [2.75, 3.05) is 0 Å². The van der Waals surface area contributed by atoms with Crippen molar-refractivity contribution in [3.05, 3.63) is 0 Å². The standard InChI is InChI=1S/C16H32O2.2C12H24O2/c1-3-5-7-8-9-10-11-12-14-15(16(17)18)13-6-4-2;2*1-2-3-4-5-6-7-8-9-10-11-12(13)14/h15H,3-14H2,1-2H3,(H,17,18);2*2-11H2,1H3,(H,13,14). The number of carboxylic acid groups (broad SMARTS) is 3. The maximum absolute atomic E-state index is 11.0. The highest BCUT2D eigenvalue weighted by atomic mass is 16.4. The second kappa shape index (κ2) is 43.4. The molecular formula is C40H80O6. The fourth-order valence-corrected chi connectivity index (χ4v) is 5.54. The van der Waals surface area contributed by atoms with E-state index in [9.17, 15) is 14.4 Å². The van der Waals surface area contributed by atoms with Gasteiger partial charge in [-0.1, -0.05) is 195 Å². The Bertz CT molecular complexity index is 589. The van der Waals surface area contributed by atoms with E-state index in [0.717, 1.165) is 57.8 Å². The first-order valence-corrected chi connectivity index (χ1v) is 19.9. The maximum atomic E-state index is 11.0. The zero-order valence-electron chi connectivity index (χ0n) is 31.3. The molecule has 0 saturated heterocycles. The number of rotatable bonds is 33. The lowest BCUT2D eigenvalue weighted by Crippen LogP contribution is -2.13. The van der Waals surface area contributed by atoms with Crippen LogP contribution in [-0.4, -0.2) is 33.2 Å². The Morgan fingerprint density at radius 1 is 0.348 bits per heavy atom. The lowest BCUT2D eigenvalue weighted by molar-refractivity contribution is -0.142. The van der Waals surface area contributed by atoms with Crippen LogP contribution in [0.4, 0.5) is 0 Å². The van der Waals surface area contributed by atoms with Crippen LogP contribution in [0.3, 0.4) is 0 Å². The summed E-state index contributed by atoms with van der Waals surface area (Å²) in [6.07, 6.45) is 37.1. The van der Waals surface area contributed by atoms with Gasteiger partial charge in [-0.25, -0.2) is 0 Å². The van der Waals surface area contributed by atoms with Gasteiger partial charge in [-0.2, -0.15) is 0 Å². The van der Waals surface area contributed by atoms with E-state index < -0.39 is 17.9 Å². The predicted octanol–water partition coefficient (Wildman–Crippen LogP) is 13.4. The van der Waals surface area contributed by atoms with Crippen LogP contribution in [0.25, 0.3) is 0 Å². The minimum atomic E-state index is -0.659. The highest BCUT2D eigenvalue weighted by Gasteiger charge is 2.15. The van der Waals surface area contributed by atoms with Crippen LogP contribution < -0.4 is 0 Å². The second-order valence-corrected chi connectivity index (χ2v) is 13.4. The normalized spacial score (nSPS) is 11.2. The molecule has 0 heterocycles. The molecule has 0 fully saturated rings. The molecule has 6 heteroatoms. The lowest BCUT2D eigenvalue weighted by atomic mass is 9.95. The van der Waals surface area contributed by atoms with E-state index in [4.69, 9.17) is 15.3 Å². The van der Waals surface area contributed by atoms with Gasteiger partial charge < -0.3 is 15.3 Å². The predicted molar refractivity (Wildman–Crippen MR) is 197 cm³/mol. The van der Waals surface area contributed by atoms with Gasteiger partial charge in [0.2, 0.25) is 0 Å². The van der Waals surface area contributed by atoms with Gasteiger partial charge in [-0.15, -0.1) is 0 Å². The van der Waals surface area contributed by atoms with Crippen LogP contribution in [0.2, 0.25) is 0 Å². The molecule has 1 atom stereocenters. The average Bonchev–Trinajstić information content (AvgIpc) is 3.02. The second-order valence-electron chi connectivity index (χ2n) is 13.4. The summed E-state index contributed by atoms with van der Waals surface area (Å²) in [5.41, 5.74) is 0. The number of carbonyl (C=O) groups is 3. The molecule has 0 radical (unpaired) electrons. The fraction of sp³-hybridized carbons (Fsp3) is 0.925. The topological polar surface area (TPSA) is 112 Å². The summed E-state index contributed by atoms with van der Waals surface area (Å²) in [6.45, 7) is 8.81. The molecule has 0 spiro atoms. The number of unbranched alkanes of at least 4 members (excludes halogenated alkanes) is 24. The van der Waals surface area contributed by atoms with Crippen LogP contribution in [-0.2, 0) is 14.4 Å². The van der Waals surface area contributed by atoms with Crippen molar-refractivity contribution in [2.45, 2.75) is 233 Å². The summed E-state index contributed by atoms with van der Waals surface area (Å²) in [6, 6.07) is 0. The molecule has 0 bridgehead atoms. The zero-order chi connectivity index (χ0) is 34.9. The van der Waals surface area contributed by atoms with Crippen LogP contribution in [0.5, 0.6) is 0 Å². The first-order valence-electron chi connectivity index (χ1n) is 19.9. The molecule has 276 valence electrons. The fourth-order valence-electron chi connectivity index (χ4n) is 5.54. The summed E-state index contributed by atoms with van der Waals surface area (Å²) in [5, 5.41) is 25.9. The largest absolute Gasteiger partial charge is 0.481 e. The van der Waals surface area contributed by atoms with Gasteiger partial charge in [-0.3, -0.25) is 14.4 Å². The third-order valence-corrected chi connectivity index (χ3v) is 8.65. The summed E-state index contributed by atoms with van der Waals surface area (Å²) in [7, 11) is 0. The van der Waals surface area contributed by atoms with Crippen molar-refractivity contribution in [1.82, 2.24) is 0 Å². The number of hydrogen-bond donors (Lipinski definition) is 3. The van der Waals surface area contributed by atoms with Crippen molar-refractivity contribution in [2.24, 2.45) is 5.92 Å². The minimum Gasteiger partial charge on any atom is -0.481 e. The van der Waals surface area contributed by atoms with Crippen LogP contribution in [0.15, 0.2) is 0 Å². The van der Waals surface area contributed by atoms with Gasteiger partial charge in [0.1, 0.15) is 0 Å². The Labute approximate surface area is 286 Å². The highest BCUT2D eigenvalue weighted by molar-refractivity contribution is 5.69. The zero-order valence-corrected chi connectivity index (χ0v) is 31.3. The van der Waals surface area contributed by atoms with E-state index in [-0.39, 0.29) is 5.92 Å². The highest BCUT2D eigenvalue weighted by Crippen LogP contribution is 2.18. The smallest absolute Gasteiger partial charge is 0.306 e. The molecule has 0 aliphatic carbocycles. The molecule has 0 aliphatic heterocycles. The molecule has 0 aromatic carbocycles. The Balaban J connectivity index is -0.000000610. The Kier molecular flexibility index (Phi) is 46.1. The van der Waals surface area contributed by atoms with E-state index in [2.05, 4.69) is 27.7 Å². The number of hydrogen-bond acceptors (Lipinski definition) is 3. The molecule has 0 amide bonds. The first kappa shape index (κ1) is 48.8. The van der Waals surface area contributed by atoms with Crippen LogP contribution in [0, 0.1) is 5.92 Å². The third-order valence-electron chi connectivity index (χ3n) is 8.65. The molecule has 3 N–H and O–H groups in total. The number of aliphatic carboxylic acids is 3. The van der Waals surface area contributed by atoms with Gasteiger partial charge >= 0.3 is 17.9 Å². The lowest BCUT2D eigenvalue weighted by Gasteiger charge is -2.11. The Hall–Kier alpha value is -1.59. The summed E-state index contributed by atoms with van der Waals surface area (Å²) in [4.78, 5) is 31.5. The summed E-state index contributed by atoms with van der Waals surface area (Å²) in [5.74, 6) is -2.00. The van der Waals surface area contributed by atoms with E-state index in [1.165, 1.54) is 135 Å². The van der Waals surface area contributed by atoms with Gasteiger partial charge in [0.05, 0.1) is 5.92 Å². The Morgan fingerprint density at radius 3 is 0.848 bits per heavy atom. The van der Waals surface area contributed by atoms with Crippen molar-refractivity contribution in [1.29, 1.82) is 0 Å². The molecule has 0 aromatic heterocycles. The molecule has 0 aliphatic rings. The van der Waals surface area contributed by atoms with E-state index in [0.29, 0.717) is 12.8 Å². The summed E-state index contributed by atoms with van der Waals surface area (Å²) < 4.78 is 0. The van der Waals surface area contributed by atoms with Crippen molar-refractivity contribution in [3.8, 4) is 0 Å². The SMILES string of the molecule is CCCCCCCCCCC(CCCC)C(=O)O.CCCCCCCCCCCC(=O)O.CCCCCCCCCCCC(=O)O. The molecule has 46 heavy (non-hydrogen) atoms. The van der Waals surface area contributed by atoms with Crippen molar-refractivity contribution in [3.63, 3.8) is 0 Å². The molecule has 6 nitrogen and oxygen atoms in total. The van der Waals surface area contributed by atoms with Gasteiger partial charge in [0.25, 0.3) is 0 Å². The molecular weight excluding hydrogens is 576 g/mol. The summed E-state index contributed by atoms with van der Waals surface area (Å²) >= 11 is 0. The quantitative estimate of drug-likeness (QED) is 0.0606. The molecule has 0 saturated carbocycles. The van der Waals surface area contributed by atoms with Gasteiger partial charge in [0.15, 0.2) is 0 Å². The van der Waals surface area contributed by atoms with E-state index in [1.54, 1.807) is 0 Å². The minimum absolute atomic E-state index is 0.0926. The Morgan fingerprint density at radius 2 is 0.587 bits per heavy atom.